The highest BCUT2D eigenvalue weighted by Crippen LogP contribution is 2.14. The predicted molar refractivity (Wildman–Crippen MR) is 99.9 cm³/mol. The quantitative estimate of drug-likeness (QED) is 0.718. The predicted octanol–water partition coefficient (Wildman–Crippen LogP) is 4.30. The number of hydrogen-bond donors (Lipinski definition) is 2. The minimum Gasteiger partial charge on any atom is -0.350 e. The first kappa shape index (κ1) is 16.9. The van der Waals surface area contributed by atoms with E-state index in [4.69, 9.17) is 11.6 Å². The molecule has 2 aromatic carbocycles. The average molecular weight is 353 g/mol. The average Bonchev–Trinajstić information content (AvgIpc) is 2.63. The maximum absolute atomic E-state index is 12.3. The second-order valence-electron chi connectivity index (χ2n) is 5.57. The van der Waals surface area contributed by atoms with Gasteiger partial charge in [-0.15, -0.1) is 0 Å². The summed E-state index contributed by atoms with van der Waals surface area (Å²) in [6, 6.07) is 16.6. The number of nitrogens with zero attached hydrogens (tertiary/aromatic N) is 2. The Hall–Kier alpha value is -2.92. The first-order valence-electron chi connectivity index (χ1n) is 7.79. The topological polar surface area (TPSA) is 66.9 Å². The second-order valence-corrected chi connectivity index (χ2v) is 6.00. The van der Waals surface area contributed by atoms with Crippen LogP contribution in [0.5, 0.6) is 0 Å². The van der Waals surface area contributed by atoms with Crippen LogP contribution in [-0.4, -0.2) is 15.9 Å². The molecule has 3 rings (SSSR count). The second kappa shape index (κ2) is 7.77. The van der Waals surface area contributed by atoms with Gasteiger partial charge < -0.3 is 10.6 Å². The van der Waals surface area contributed by atoms with E-state index in [1.807, 2.05) is 31.2 Å². The highest BCUT2D eigenvalue weighted by atomic mass is 35.5. The van der Waals surface area contributed by atoms with Crippen molar-refractivity contribution >= 4 is 29.1 Å². The third-order valence-electron chi connectivity index (χ3n) is 3.56. The zero-order valence-corrected chi connectivity index (χ0v) is 14.4. The Morgan fingerprint density at radius 3 is 2.48 bits per heavy atom. The van der Waals surface area contributed by atoms with Crippen LogP contribution in [0.25, 0.3) is 0 Å². The molecule has 0 saturated carbocycles. The smallest absolute Gasteiger partial charge is 0.274 e. The molecule has 3 aromatic rings. The number of rotatable bonds is 5. The fourth-order valence-corrected chi connectivity index (χ4v) is 2.31. The van der Waals surface area contributed by atoms with Crippen LogP contribution in [0.15, 0.2) is 60.8 Å². The van der Waals surface area contributed by atoms with Crippen molar-refractivity contribution in [3.63, 3.8) is 0 Å². The van der Waals surface area contributed by atoms with E-state index in [9.17, 15) is 4.79 Å². The summed E-state index contributed by atoms with van der Waals surface area (Å²) in [5, 5.41) is 6.52. The molecule has 6 heteroatoms. The zero-order valence-electron chi connectivity index (χ0n) is 13.7. The number of aryl methyl sites for hydroxylation is 1. The number of aromatic nitrogens is 2. The Balaban J connectivity index is 1.64. The van der Waals surface area contributed by atoms with E-state index in [1.54, 1.807) is 36.5 Å². The molecule has 2 N–H and O–H groups in total. The van der Waals surface area contributed by atoms with E-state index in [2.05, 4.69) is 20.6 Å². The number of carbonyl (C=O) groups excluding carboxylic acids is 1. The van der Waals surface area contributed by atoms with E-state index in [0.29, 0.717) is 23.2 Å². The molecular weight excluding hydrogens is 336 g/mol. The molecule has 1 heterocycles. The van der Waals surface area contributed by atoms with Crippen LogP contribution in [0, 0.1) is 6.92 Å². The van der Waals surface area contributed by atoms with Gasteiger partial charge in [0.25, 0.3) is 5.91 Å². The lowest BCUT2D eigenvalue weighted by molar-refractivity contribution is 0.102. The number of halogens is 1. The Bertz CT molecular complexity index is 863. The van der Waals surface area contributed by atoms with Gasteiger partial charge in [0.15, 0.2) is 0 Å². The molecule has 5 nitrogen and oxygen atoms in total. The Morgan fingerprint density at radius 2 is 1.76 bits per heavy atom. The van der Waals surface area contributed by atoms with Crippen LogP contribution >= 0.6 is 11.6 Å². The maximum atomic E-state index is 12.3. The van der Waals surface area contributed by atoms with E-state index in [-0.39, 0.29) is 11.6 Å². The molecule has 1 aromatic heterocycles. The summed E-state index contributed by atoms with van der Waals surface area (Å²) in [4.78, 5) is 20.7. The highest BCUT2D eigenvalue weighted by Gasteiger charge is 2.09. The van der Waals surface area contributed by atoms with E-state index in [1.165, 1.54) is 5.56 Å². The number of anilines is 2. The third-order valence-corrected chi connectivity index (χ3v) is 3.81. The van der Waals surface area contributed by atoms with Crippen LogP contribution in [0.2, 0.25) is 5.02 Å². The summed E-state index contributed by atoms with van der Waals surface area (Å²) >= 11 is 5.84. The van der Waals surface area contributed by atoms with Crippen LogP contribution < -0.4 is 10.6 Å². The van der Waals surface area contributed by atoms with Gasteiger partial charge in [-0.3, -0.25) is 4.79 Å². The van der Waals surface area contributed by atoms with Gasteiger partial charge in [-0.05, 0) is 42.8 Å². The van der Waals surface area contributed by atoms with Crippen LogP contribution in [0.3, 0.4) is 0 Å². The molecule has 25 heavy (non-hydrogen) atoms. The third kappa shape index (κ3) is 4.78. The Labute approximate surface area is 151 Å². The standard InChI is InChI=1S/C19H17ClN4O/c1-13-2-4-14(5-3-13)12-22-19-21-11-10-17(24-19)18(25)23-16-8-6-15(20)7-9-16/h2-11H,12H2,1H3,(H,23,25)(H,21,22,24). The van der Waals surface area contributed by atoms with Crippen molar-refractivity contribution in [3.8, 4) is 0 Å². The molecule has 0 bridgehead atoms. The zero-order chi connectivity index (χ0) is 17.6. The van der Waals surface area contributed by atoms with Crippen LogP contribution in [-0.2, 0) is 6.54 Å². The van der Waals surface area contributed by atoms with Gasteiger partial charge in [0.1, 0.15) is 5.69 Å². The molecular formula is C19H17ClN4O. The molecule has 0 saturated heterocycles. The molecule has 0 atom stereocenters. The fourth-order valence-electron chi connectivity index (χ4n) is 2.19. The molecule has 0 aliphatic carbocycles. The lowest BCUT2D eigenvalue weighted by atomic mass is 10.1. The van der Waals surface area contributed by atoms with Crippen molar-refractivity contribution in [1.82, 2.24) is 9.97 Å². The summed E-state index contributed by atoms with van der Waals surface area (Å²) in [5.74, 6) is 0.104. The molecule has 0 radical (unpaired) electrons. The fraction of sp³-hybridized carbons (Fsp3) is 0.105. The van der Waals surface area contributed by atoms with Gasteiger partial charge >= 0.3 is 0 Å². The molecule has 0 fully saturated rings. The molecule has 0 unspecified atom stereocenters. The highest BCUT2D eigenvalue weighted by molar-refractivity contribution is 6.30. The van der Waals surface area contributed by atoms with Gasteiger partial charge in [0.2, 0.25) is 5.95 Å². The summed E-state index contributed by atoms with van der Waals surface area (Å²) in [6.07, 6.45) is 1.56. The largest absolute Gasteiger partial charge is 0.350 e. The number of amides is 1. The molecule has 0 spiro atoms. The first-order valence-corrected chi connectivity index (χ1v) is 8.17. The van der Waals surface area contributed by atoms with Crippen molar-refractivity contribution in [3.05, 3.63) is 82.6 Å². The summed E-state index contributed by atoms with van der Waals surface area (Å²) in [7, 11) is 0. The van der Waals surface area contributed by atoms with Gasteiger partial charge in [0.05, 0.1) is 0 Å². The van der Waals surface area contributed by atoms with Crippen molar-refractivity contribution in [1.29, 1.82) is 0 Å². The lowest BCUT2D eigenvalue weighted by Crippen LogP contribution is -2.15. The van der Waals surface area contributed by atoms with Crippen LogP contribution in [0.4, 0.5) is 11.6 Å². The molecule has 0 aliphatic rings. The van der Waals surface area contributed by atoms with Crippen LogP contribution in [0.1, 0.15) is 21.6 Å². The number of hydrogen-bond acceptors (Lipinski definition) is 4. The summed E-state index contributed by atoms with van der Waals surface area (Å²) < 4.78 is 0. The van der Waals surface area contributed by atoms with Crippen molar-refractivity contribution < 1.29 is 4.79 Å². The first-order chi connectivity index (χ1) is 12.1. The van der Waals surface area contributed by atoms with Gasteiger partial charge in [-0.25, -0.2) is 9.97 Å². The van der Waals surface area contributed by atoms with Gasteiger partial charge in [0, 0.05) is 23.5 Å². The monoisotopic (exact) mass is 352 g/mol. The SMILES string of the molecule is Cc1ccc(CNc2nccc(C(=O)Nc3ccc(Cl)cc3)n2)cc1. The molecule has 126 valence electrons. The van der Waals surface area contributed by atoms with E-state index in [0.717, 1.165) is 5.56 Å². The summed E-state index contributed by atoms with van der Waals surface area (Å²) in [5.41, 5.74) is 3.27. The van der Waals surface area contributed by atoms with Crippen molar-refractivity contribution in [2.75, 3.05) is 10.6 Å². The Morgan fingerprint density at radius 1 is 1.04 bits per heavy atom. The van der Waals surface area contributed by atoms with E-state index >= 15 is 0 Å². The van der Waals surface area contributed by atoms with Gasteiger partial charge in [-0.1, -0.05) is 41.4 Å². The number of nitrogens with one attached hydrogen (secondary N) is 2. The maximum Gasteiger partial charge on any atom is 0.274 e. The number of carbonyl (C=O) groups is 1. The minimum absolute atomic E-state index is 0.288. The Kier molecular flexibility index (Phi) is 5.26. The summed E-state index contributed by atoms with van der Waals surface area (Å²) in [6.45, 7) is 2.63. The normalized spacial score (nSPS) is 10.3. The minimum atomic E-state index is -0.303. The lowest BCUT2D eigenvalue weighted by Gasteiger charge is -2.08. The van der Waals surface area contributed by atoms with E-state index < -0.39 is 0 Å². The van der Waals surface area contributed by atoms with Crippen molar-refractivity contribution in [2.45, 2.75) is 13.5 Å². The van der Waals surface area contributed by atoms with Crippen molar-refractivity contribution in [2.24, 2.45) is 0 Å². The molecule has 0 aliphatic heterocycles. The number of benzene rings is 2. The molecule has 1 amide bonds. The van der Waals surface area contributed by atoms with Gasteiger partial charge in [-0.2, -0.15) is 0 Å².